The molecule has 28 nitrogen and oxygen atoms in total. The first-order chi connectivity index (χ1) is 42.0. The van der Waals surface area contributed by atoms with Gasteiger partial charge < -0.3 is 124 Å². The monoisotopic (exact) mass is 1290 g/mol. The second-order valence-corrected chi connectivity index (χ2v) is 29.5. The normalized spacial score (nSPS) is 53.0. The molecule has 5 heterocycles. The number of carboxylic acid groups (broad SMARTS) is 1. The highest BCUT2D eigenvalue weighted by Crippen LogP contribution is 2.82. The molecule has 10 fully saturated rings. The van der Waals surface area contributed by atoms with Crippen molar-refractivity contribution in [2.45, 2.75) is 293 Å². The summed E-state index contributed by atoms with van der Waals surface area (Å²) in [6, 6.07) is 0. The number of ether oxygens (including phenoxy) is 11. The van der Waals surface area contributed by atoms with E-state index in [4.69, 9.17) is 52.1 Å². The number of hydrogen-bond acceptors (Lipinski definition) is 27. The van der Waals surface area contributed by atoms with Gasteiger partial charge in [0.2, 0.25) is 0 Å². The average molecular weight is 1290 g/mol. The molecule has 10 rings (SSSR count). The summed E-state index contributed by atoms with van der Waals surface area (Å²) in [5.74, 6) is -3.73. The number of aliphatic carboxylic acids is 1. The SMILES string of the molecule is C/C=C(/C)C(=O)O[C@@H]1[C@@H](OC(=O)CC)[C@]23[C@H](O)C[C@@]4(C)[C@]5(C)CC[C@H]6C(C)(C)[C@H](O[C@H]7O[C@@H](C(=O)O)[C@H](O)[C@@H](O[C@H]8O[C@H](CO)[C@H](O)[C@H](O)[C@H]8O[C@H]8O[C@H](C)[C@H](O)[C@H](O)[C@@H]8O)[C@@H]7O[C@H]7O[C@H](CO)[C@@H](O)[C@@H](O)[C@@H]7O)CC[C@@]6(C)[C@@H]5CC[C@@]4(O[C@@H]2O)[C@H]3CC1(C)C. The van der Waals surface area contributed by atoms with Crippen LogP contribution in [0.1, 0.15) is 134 Å². The molecule has 5 saturated carbocycles. The fourth-order valence-corrected chi connectivity index (χ4v) is 19.1. The molecule has 2 bridgehead atoms. The molecular weight excluding hydrogens is 1190 g/mol. The Labute approximate surface area is 522 Å². The van der Waals surface area contributed by atoms with Crippen molar-refractivity contribution in [1.29, 1.82) is 0 Å². The van der Waals surface area contributed by atoms with Crippen molar-refractivity contribution < 1.29 is 138 Å². The topological polar surface area (TPSA) is 436 Å². The van der Waals surface area contributed by atoms with E-state index in [1.54, 1.807) is 26.8 Å². The van der Waals surface area contributed by atoms with Crippen molar-refractivity contribution in [3.63, 3.8) is 0 Å². The van der Waals surface area contributed by atoms with E-state index in [0.717, 1.165) is 0 Å². The van der Waals surface area contributed by atoms with E-state index < -0.39 is 229 Å². The van der Waals surface area contributed by atoms with Gasteiger partial charge in [0.25, 0.3) is 0 Å². The van der Waals surface area contributed by atoms with Crippen molar-refractivity contribution in [2.75, 3.05) is 13.2 Å². The predicted molar refractivity (Wildman–Crippen MR) is 303 cm³/mol. The van der Waals surface area contributed by atoms with Gasteiger partial charge in [-0.25, -0.2) is 9.59 Å². The zero-order valence-electron chi connectivity index (χ0n) is 53.0. The number of hydrogen-bond donors (Lipinski definition) is 14. The molecular formula is C62H98O28. The zero-order chi connectivity index (χ0) is 66.2. The van der Waals surface area contributed by atoms with Gasteiger partial charge in [0.05, 0.1) is 42.5 Å². The number of carboxylic acids is 1. The highest BCUT2D eigenvalue weighted by molar-refractivity contribution is 5.87. The number of carbonyl (C=O) groups is 3. The van der Waals surface area contributed by atoms with Gasteiger partial charge in [0, 0.05) is 28.7 Å². The Kier molecular flexibility index (Phi) is 19.5. The lowest BCUT2D eigenvalue weighted by Gasteiger charge is -2.75. The van der Waals surface area contributed by atoms with Crippen LogP contribution in [0.3, 0.4) is 0 Å². The summed E-state index contributed by atoms with van der Waals surface area (Å²) >= 11 is 0. The fourth-order valence-electron chi connectivity index (χ4n) is 19.1. The summed E-state index contributed by atoms with van der Waals surface area (Å²) in [6.07, 6.45) is -39.2. The summed E-state index contributed by atoms with van der Waals surface area (Å²) < 4.78 is 68.9. The van der Waals surface area contributed by atoms with Crippen LogP contribution < -0.4 is 0 Å². The molecule has 28 heteroatoms. The zero-order valence-corrected chi connectivity index (χ0v) is 53.0. The standard InChI is InChI=1S/C62H98O28/c1-12-24(3)50(78)89-47-48(84-33(66)13-2)62-30(20-56(47,5)6)61(90-55(62)79)19-15-29-58(9)17-16-32(57(7,8)28(58)14-18-59(29,10)60(61,11)21-31(62)65)83-54-46(88-52-41(74)38(71)35(68)26(22-63)81-52)43(42(75)44(86-54)49(76)77)85-53-45(39(72)36(69)27(23-64)82-53)87-51-40(73)37(70)34(67)25(4)80-51/h12,25-32,34-48,51-55,63-65,67-75,79H,13-23H2,1-11H3,(H,76,77)/b24-12-/t25-,26-,27-,28+,29+,30-,31-,32-,34+,35-,36+,37+,38-,39+,40+,41+,42-,43-,44-,45-,46+,47-,48-,51-,52-,53-,54+,55+,58-,59-,60+,61-,62+/m1/s1. The lowest BCUT2D eigenvalue weighted by Crippen LogP contribution is -2.77. The Morgan fingerprint density at radius 2 is 1.14 bits per heavy atom. The maximum Gasteiger partial charge on any atom is 0.335 e. The van der Waals surface area contributed by atoms with Gasteiger partial charge in [-0.3, -0.25) is 4.79 Å². The molecule has 5 aliphatic carbocycles. The number of rotatable bonds is 15. The molecule has 10 aliphatic rings. The van der Waals surface area contributed by atoms with Crippen LogP contribution in [0.2, 0.25) is 0 Å². The first-order valence-corrected chi connectivity index (χ1v) is 31.9. The molecule has 0 radical (unpaired) electrons. The number of aliphatic hydroxyl groups is 13. The second kappa shape index (κ2) is 25.0. The third-order valence-electron chi connectivity index (χ3n) is 24.3. The maximum absolute atomic E-state index is 13.6. The lowest BCUT2D eigenvalue weighted by atomic mass is 9.30. The quantitative estimate of drug-likeness (QED) is 0.0504. The van der Waals surface area contributed by atoms with E-state index >= 15 is 0 Å². The van der Waals surface area contributed by atoms with Gasteiger partial charge >= 0.3 is 17.9 Å². The largest absolute Gasteiger partial charge is 0.479 e. The van der Waals surface area contributed by atoms with Crippen LogP contribution >= 0.6 is 0 Å². The third-order valence-corrected chi connectivity index (χ3v) is 24.3. The number of esters is 2. The number of allylic oxidation sites excluding steroid dienone is 1. The summed E-state index contributed by atoms with van der Waals surface area (Å²) in [4.78, 5) is 40.4. The first-order valence-electron chi connectivity index (χ1n) is 31.9. The van der Waals surface area contributed by atoms with Gasteiger partial charge in [-0.15, -0.1) is 0 Å². The fraction of sp³-hybridized carbons (Fsp3) is 0.919. The molecule has 0 unspecified atom stereocenters. The molecule has 14 N–H and O–H groups in total. The summed E-state index contributed by atoms with van der Waals surface area (Å²) in [6.45, 7) is 19.0. The highest BCUT2D eigenvalue weighted by atomic mass is 16.8. The van der Waals surface area contributed by atoms with Crippen molar-refractivity contribution in [3.05, 3.63) is 11.6 Å². The molecule has 90 heavy (non-hydrogen) atoms. The number of carbonyl (C=O) groups excluding carboxylic acids is 2. The average Bonchev–Trinajstić information content (AvgIpc) is 1.36. The molecule has 33 atom stereocenters. The number of fused-ring (bicyclic) bond motifs is 4. The number of aliphatic hydroxyl groups excluding tert-OH is 13. The van der Waals surface area contributed by atoms with Crippen LogP contribution in [0.15, 0.2) is 11.6 Å². The van der Waals surface area contributed by atoms with Crippen LogP contribution in [0.5, 0.6) is 0 Å². The summed E-state index contributed by atoms with van der Waals surface area (Å²) in [7, 11) is 0. The van der Waals surface area contributed by atoms with Crippen molar-refractivity contribution in [3.8, 4) is 0 Å². The third kappa shape index (κ3) is 10.7. The Morgan fingerprint density at radius 1 is 0.578 bits per heavy atom. The summed E-state index contributed by atoms with van der Waals surface area (Å²) in [5, 5.41) is 157. The highest BCUT2D eigenvalue weighted by Gasteiger charge is 2.86. The molecule has 0 aromatic carbocycles. The van der Waals surface area contributed by atoms with Crippen molar-refractivity contribution in [1.82, 2.24) is 0 Å². The van der Waals surface area contributed by atoms with E-state index in [9.17, 15) is 85.9 Å². The van der Waals surface area contributed by atoms with Gasteiger partial charge in [-0.2, -0.15) is 0 Å². The van der Waals surface area contributed by atoms with Crippen LogP contribution in [-0.2, 0) is 66.5 Å². The Bertz CT molecular complexity index is 2640. The van der Waals surface area contributed by atoms with Gasteiger partial charge in [0.1, 0.15) is 91.6 Å². The minimum absolute atomic E-state index is 0.0172. The van der Waals surface area contributed by atoms with E-state index in [-0.39, 0.29) is 31.1 Å². The molecule has 5 aliphatic heterocycles. The Balaban J connectivity index is 0.973. The van der Waals surface area contributed by atoms with E-state index in [1.165, 1.54) is 6.92 Å². The lowest BCUT2D eigenvalue weighted by molar-refractivity contribution is -0.406. The minimum atomic E-state index is -2.29. The van der Waals surface area contributed by atoms with Crippen LogP contribution in [-0.4, -0.2) is 262 Å². The molecule has 0 aromatic rings. The van der Waals surface area contributed by atoms with E-state index in [2.05, 4.69) is 20.8 Å². The van der Waals surface area contributed by atoms with E-state index in [1.807, 2.05) is 27.7 Å². The molecule has 514 valence electrons. The molecule has 0 aromatic heterocycles. The molecule has 1 spiro atoms. The van der Waals surface area contributed by atoms with Crippen LogP contribution in [0.4, 0.5) is 0 Å². The van der Waals surface area contributed by atoms with Gasteiger partial charge in [-0.05, 0) is 100 Å². The Morgan fingerprint density at radius 3 is 1.76 bits per heavy atom. The van der Waals surface area contributed by atoms with E-state index in [0.29, 0.717) is 44.1 Å². The second-order valence-electron chi connectivity index (χ2n) is 29.5. The predicted octanol–water partition coefficient (Wildman–Crippen LogP) is -1.49. The summed E-state index contributed by atoms with van der Waals surface area (Å²) in [5.41, 5.74) is -5.89. The Hall–Kier alpha value is -2.73. The van der Waals surface area contributed by atoms with Gasteiger partial charge in [-0.1, -0.05) is 61.5 Å². The van der Waals surface area contributed by atoms with Crippen molar-refractivity contribution >= 4 is 17.9 Å². The van der Waals surface area contributed by atoms with Crippen LogP contribution in [0, 0.1) is 50.2 Å². The first kappa shape index (κ1) is 70.1. The minimum Gasteiger partial charge on any atom is -0.479 e. The van der Waals surface area contributed by atoms with Gasteiger partial charge in [0.15, 0.2) is 43.7 Å². The van der Waals surface area contributed by atoms with Crippen LogP contribution in [0.25, 0.3) is 0 Å². The smallest absolute Gasteiger partial charge is 0.335 e. The molecule has 5 saturated heterocycles. The molecule has 0 amide bonds. The van der Waals surface area contributed by atoms with Crippen molar-refractivity contribution in [2.24, 2.45) is 50.2 Å². The maximum atomic E-state index is 13.6.